The molecule has 2 saturated heterocycles. The molecule has 8 heteroatoms. The summed E-state index contributed by atoms with van der Waals surface area (Å²) in [5.41, 5.74) is 0.796. The van der Waals surface area contributed by atoms with Gasteiger partial charge in [-0.2, -0.15) is 5.10 Å². The van der Waals surface area contributed by atoms with Gasteiger partial charge in [-0.05, 0) is 24.4 Å². The standard InChI is InChI=1S/C15H14ClN3O3S/c1-18-13(8-4-2-3-5-9(8)16)17-19(15(18)23)10-6-11(20)14-21-7-12(10)22-14/h2-5,10,12,14H,6-7H2,1H3/t10-,12+,14+/m1/s1. The van der Waals surface area contributed by atoms with Crippen LogP contribution in [0.5, 0.6) is 0 Å². The number of benzene rings is 1. The third kappa shape index (κ3) is 2.35. The van der Waals surface area contributed by atoms with E-state index in [-0.39, 0.29) is 17.9 Å². The van der Waals surface area contributed by atoms with Crippen LogP contribution in [0.1, 0.15) is 12.5 Å². The third-order valence-corrected chi connectivity index (χ3v) is 5.04. The van der Waals surface area contributed by atoms with Crippen LogP contribution in [0.2, 0.25) is 5.02 Å². The van der Waals surface area contributed by atoms with Crippen molar-refractivity contribution < 1.29 is 14.3 Å². The van der Waals surface area contributed by atoms with E-state index < -0.39 is 6.29 Å². The molecule has 3 atom stereocenters. The number of carbonyl (C=O) groups excluding carboxylic acids is 1. The number of nitrogens with zero attached hydrogens (tertiary/aromatic N) is 3. The molecule has 0 spiro atoms. The molecule has 0 amide bonds. The normalized spacial score (nSPS) is 26.7. The van der Waals surface area contributed by atoms with Crippen LogP contribution in [-0.2, 0) is 21.3 Å². The Bertz CT molecular complexity index is 847. The summed E-state index contributed by atoms with van der Waals surface area (Å²) in [6.45, 7) is 0.376. The Morgan fingerprint density at radius 1 is 1.39 bits per heavy atom. The first-order chi connectivity index (χ1) is 11.1. The largest absolute Gasteiger partial charge is 0.343 e. The predicted molar refractivity (Wildman–Crippen MR) is 85.8 cm³/mol. The summed E-state index contributed by atoms with van der Waals surface area (Å²) in [5.74, 6) is 0.588. The zero-order valence-electron chi connectivity index (χ0n) is 12.3. The van der Waals surface area contributed by atoms with Gasteiger partial charge in [0.05, 0.1) is 17.7 Å². The van der Waals surface area contributed by atoms with Crippen molar-refractivity contribution >= 4 is 29.6 Å². The highest BCUT2D eigenvalue weighted by Crippen LogP contribution is 2.34. The molecule has 2 bridgehead atoms. The van der Waals surface area contributed by atoms with E-state index in [9.17, 15) is 4.79 Å². The molecular formula is C15H14ClN3O3S. The molecule has 2 aromatic rings. The summed E-state index contributed by atoms with van der Waals surface area (Å²) in [4.78, 5) is 12.0. The Morgan fingerprint density at radius 3 is 2.96 bits per heavy atom. The number of Topliss-reactive ketones (excluding diaryl/α,β-unsaturated/α-hetero) is 1. The van der Waals surface area contributed by atoms with Gasteiger partial charge in [0.25, 0.3) is 0 Å². The molecular weight excluding hydrogens is 338 g/mol. The van der Waals surface area contributed by atoms with E-state index in [0.717, 1.165) is 5.56 Å². The number of rotatable bonds is 2. The number of fused-ring (bicyclic) bond motifs is 2. The maximum absolute atomic E-state index is 12.0. The maximum Gasteiger partial charge on any atom is 0.218 e. The third-order valence-electron chi connectivity index (χ3n) is 4.24. The second kappa shape index (κ2) is 5.52. The molecule has 1 aromatic carbocycles. The van der Waals surface area contributed by atoms with Gasteiger partial charge >= 0.3 is 0 Å². The van der Waals surface area contributed by atoms with Crippen molar-refractivity contribution in [2.24, 2.45) is 7.05 Å². The molecule has 120 valence electrons. The van der Waals surface area contributed by atoms with Crippen LogP contribution in [0.25, 0.3) is 11.4 Å². The highest BCUT2D eigenvalue weighted by Gasteiger charge is 2.45. The fourth-order valence-electron chi connectivity index (χ4n) is 3.02. The molecule has 6 nitrogen and oxygen atoms in total. The minimum atomic E-state index is -0.725. The van der Waals surface area contributed by atoms with E-state index in [1.807, 2.05) is 31.3 Å². The van der Waals surface area contributed by atoms with Gasteiger partial charge in [-0.1, -0.05) is 23.7 Å². The number of ether oxygens (including phenoxy) is 2. The van der Waals surface area contributed by atoms with Crippen LogP contribution in [0, 0.1) is 4.77 Å². The van der Waals surface area contributed by atoms with Gasteiger partial charge in [0, 0.05) is 19.0 Å². The lowest BCUT2D eigenvalue weighted by atomic mass is 10.0. The molecule has 4 rings (SSSR count). The van der Waals surface area contributed by atoms with Crippen molar-refractivity contribution in [2.45, 2.75) is 24.9 Å². The Morgan fingerprint density at radius 2 is 2.17 bits per heavy atom. The highest BCUT2D eigenvalue weighted by molar-refractivity contribution is 7.71. The topological polar surface area (TPSA) is 58.3 Å². The van der Waals surface area contributed by atoms with Crippen molar-refractivity contribution in [1.29, 1.82) is 0 Å². The molecule has 3 heterocycles. The second-order valence-corrected chi connectivity index (χ2v) is 6.44. The first kappa shape index (κ1) is 15.0. The van der Waals surface area contributed by atoms with E-state index in [4.69, 9.17) is 33.3 Å². The molecule has 2 fully saturated rings. The van der Waals surface area contributed by atoms with E-state index in [0.29, 0.717) is 28.6 Å². The molecule has 23 heavy (non-hydrogen) atoms. The van der Waals surface area contributed by atoms with Crippen LogP contribution in [0.4, 0.5) is 0 Å². The van der Waals surface area contributed by atoms with Gasteiger partial charge in [0.15, 0.2) is 16.4 Å². The first-order valence-electron chi connectivity index (χ1n) is 7.26. The number of ketones is 1. The summed E-state index contributed by atoms with van der Waals surface area (Å²) in [7, 11) is 1.84. The number of hydrogen-bond donors (Lipinski definition) is 0. The van der Waals surface area contributed by atoms with Gasteiger partial charge < -0.3 is 14.0 Å². The van der Waals surface area contributed by atoms with Crippen LogP contribution in [0.15, 0.2) is 24.3 Å². The lowest BCUT2D eigenvalue weighted by Crippen LogP contribution is -2.37. The Kier molecular flexibility index (Phi) is 3.60. The lowest BCUT2D eigenvalue weighted by molar-refractivity contribution is -0.156. The summed E-state index contributed by atoms with van der Waals surface area (Å²) in [6.07, 6.45) is -0.627. The first-order valence-corrected chi connectivity index (χ1v) is 8.05. The predicted octanol–water partition coefficient (Wildman–Crippen LogP) is 2.53. The quantitative estimate of drug-likeness (QED) is 0.778. The average molecular weight is 352 g/mol. The van der Waals surface area contributed by atoms with E-state index >= 15 is 0 Å². The average Bonchev–Trinajstić information content (AvgIpc) is 3.09. The Hall–Kier alpha value is -1.54. The minimum absolute atomic E-state index is 0.0735. The van der Waals surface area contributed by atoms with Crippen molar-refractivity contribution in [1.82, 2.24) is 14.3 Å². The SMILES string of the molecule is Cn1c(-c2ccccc2Cl)nn([C@@H]2CC(=O)[C@H]3OC[C@@H]2O3)c1=S. The number of carbonyl (C=O) groups is 1. The van der Waals surface area contributed by atoms with Gasteiger partial charge in [0.1, 0.15) is 6.10 Å². The van der Waals surface area contributed by atoms with Crippen LogP contribution < -0.4 is 0 Å². The fourth-order valence-corrected chi connectivity index (χ4v) is 3.50. The number of halogens is 1. The van der Waals surface area contributed by atoms with E-state index in [1.165, 1.54) is 0 Å². The fraction of sp³-hybridized carbons (Fsp3) is 0.400. The molecule has 0 saturated carbocycles. The van der Waals surface area contributed by atoms with Gasteiger partial charge in [-0.25, -0.2) is 4.68 Å². The zero-order valence-corrected chi connectivity index (χ0v) is 13.9. The van der Waals surface area contributed by atoms with Gasteiger partial charge in [-0.3, -0.25) is 4.79 Å². The molecule has 2 aliphatic rings. The lowest BCUT2D eigenvalue weighted by Gasteiger charge is -2.26. The monoisotopic (exact) mass is 351 g/mol. The van der Waals surface area contributed by atoms with Crippen molar-refractivity contribution in [3.8, 4) is 11.4 Å². The molecule has 0 unspecified atom stereocenters. The summed E-state index contributed by atoms with van der Waals surface area (Å²) >= 11 is 11.8. The van der Waals surface area contributed by atoms with Crippen LogP contribution in [-0.4, -0.2) is 39.1 Å². The molecule has 0 aliphatic carbocycles. The second-order valence-electron chi connectivity index (χ2n) is 5.67. The maximum atomic E-state index is 12.0. The minimum Gasteiger partial charge on any atom is -0.343 e. The highest BCUT2D eigenvalue weighted by atomic mass is 35.5. The summed E-state index contributed by atoms with van der Waals surface area (Å²) in [5, 5.41) is 5.22. The molecule has 1 aromatic heterocycles. The number of aromatic nitrogens is 3. The molecule has 0 radical (unpaired) electrons. The summed E-state index contributed by atoms with van der Waals surface area (Å²) < 4.78 is 14.9. The number of hydrogen-bond acceptors (Lipinski definition) is 5. The van der Waals surface area contributed by atoms with Gasteiger partial charge in [0.2, 0.25) is 6.29 Å². The smallest absolute Gasteiger partial charge is 0.218 e. The van der Waals surface area contributed by atoms with Crippen molar-refractivity contribution in [2.75, 3.05) is 6.61 Å². The Labute approximate surface area is 142 Å². The molecule has 0 N–H and O–H groups in total. The van der Waals surface area contributed by atoms with E-state index in [2.05, 4.69) is 5.10 Å². The zero-order chi connectivity index (χ0) is 16.1. The Balaban J connectivity index is 1.79. The van der Waals surface area contributed by atoms with Crippen molar-refractivity contribution in [3.05, 3.63) is 34.1 Å². The van der Waals surface area contributed by atoms with E-state index in [1.54, 1.807) is 9.25 Å². The van der Waals surface area contributed by atoms with Crippen LogP contribution >= 0.6 is 23.8 Å². The van der Waals surface area contributed by atoms with Crippen LogP contribution in [0.3, 0.4) is 0 Å². The molecule has 2 aliphatic heterocycles. The summed E-state index contributed by atoms with van der Waals surface area (Å²) in [6, 6.07) is 7.20. The van der Waals surface area contributed by atoms with Gasteiger partial charge in [-0.15, -0.1) is 0 Å². The van der Waals surface area contributed by atoms with Crippen molar-refractivity contribution in [3.63, 3.8) is 0 Å².